The molecule has 0 bridgehead atoms. The summed E-state index contributed by atoms with van der Waals surface area (Å²) in [5, 5.41) is 13.2. The van der Waals surface area contributed by atoms with E-state index >= 15 is 0 Å². The maximum absolute atomic E-state index is 11.9. The van der Waals surface area contributed by atoms with Crippen molar-refractivity contribution in [1.82, 2.24) is 9.99 Å². The Balaban J connectivity index is 1.69. The Morgan fingerprint density at radius 2 is 1.83 bits per heavy atom. The van der Waals surface area contributed by atoms with Gasteiger partial charge < -0.3 is 9.67 Å². The molecule has 0 unspecified atom stereocenters. The fourth-order valence-electron chi connectivity index (χ4n) is 2.38. The van der Waals surface area contributed by atoms with Gasteiger partial charge in [0.2, 0.25) is 0 Å². The van der Waals surface area contributed by atoms with Crippen molar-refractivity contribution >= 4 is 12.1 Å². The predicted molar refractivity (Wildman–Crippen MR) is 93.7 cm³/mol. The molecule has 1 amide bonds. The maximum Gasteiger partial charge on any atom is 0.271 e. The second kappa shape index (κ2) is 6.83. The van der Waals surface area contributed by atoms with Crippen LogP contribution in [0, 0.1) is 6.92 Å². The number of benzene rings is 2. The number of rotatable bonds is 4. The number of carbonyl (C=O) groups excluding carboxylic acids is 1. The van der Waals surface area contributed by atoms with Crippen LogP contribution in [0.15, 0.2) is 72.0 Å². The predicted octanol–water partition coefficient (Wildman–Crippen LogP) is 3.26. The van der Waals surface area contributed by atoms with Gasteiger partial charge in [0.15, 0.2) is 0 Å². The van der Waals surface area contributed by atoms with E-state index in [1.165, 1.54) is 24.3 Å². The average molecular weight is 319 g/mol. The van der Waals surface area contributed by atoms with Crippen molar-refractivity contribution in [1.29, 1.82) is 0 Å². The van der Waals surface area contributed by atoms with E-state index in [9.17, 15) is 9.90 Å². The molecule has 5 nitrogen and oxygen atoms in total. The van der Waals surface area contributed by atoms with Crippen molar-refractivity contribution in [3.63, 3.8) is 0 Å². The lowest BCUT2D eigenvalue weighted by molar-refractivity contribution is 0.0955. The van der Waals surface area contributed by atoms with Crippen LogP contribution in [0.3, 0.4) is 0 Å². The number of phenols is 1. The molecule has 120 valence electrons. The van der Waals surface area contributed by atoms with Crippen LogP contribution in [0.5, 0.6) is 5.75 Å². The van der Waals surface area contributed by atoms with Gasteiger partial charge in [0, 0.05) is 28.7 Å². The number of aromatic hydroxyl groups is 1. The molecule has 5 heteroatoms. The van der Waals surface area contributed by atoms with E-state index < -0.39 is 0 Å². The molecule has 2 N–H and O–H groups in total. The van der Waals surface area contributed by atoms with Crippen molar-refractivity contribution in [2.24, 2.45) is 5.10 Å². The molecular formula is C19H17N3O2. The molecule has 2 aromatic carbocycles. The molecule has 0 radical (unpaired) electrons. The number of nitrogens with zero attached hydrogens (tertiary/aromatic N) is 2. The van der Waals surface area contributed by atoms with Crippen LogP contribution in [0.25, 0.3) is 5.69 Å². The first-order valence-corrected chi connectivity index (χ1v) is 7.50. The van der Waals surface area contributed by atoms with Gasteiger partial charge in [-0.05, 0) is 49.4 Å². The van der Waals surface area contributed by atoms with E-state index in [1.807, 2.05) is 49.5 Å². The minimum Gasteiger partial charge on any atom is -0.508 e. The van der Waals surface area contributed by atoms with E-state index in [0.717, 1.165) is 16.9 Å². The number of carbonyl (C=O) groups is 1. The molecule has 3 rings (SSSR count). The van der Waals surface area contributed by atoms with E-state index in [4.69, 9.17) is 0 Å². The zero-order chi connectivity index (χ0) is 16.9. The minimum absolute atomic E-state index is 0.118. The molecule has 0 spiro atoms. The summed E-state index contributed by atoms with van der Waals surface area (Å²) >= 11 is 0. The third-order valence-corrected chi connectivity index (χ3v) is 3.58. The molecule has 1 aromatic heterocycles. The van der Waals surface area contributed by atoms with Crippen LogP contribution >= 0.6 is 0 Å². The summed E-state index contributed by atoms with van der Waals surface area (Å²) in [4.78, 5) is 11.9. The molecule has 1 heterocycles. The zero-order valence-electron chi connectivity index (χ0n) is 13.2. The molecule has 0 saturated heterocycles. The normalized spacial score (nSPS) is 10.9. The number of hydrogen-bond donors (Lipinski definition) is 2. The van der Waals surface area contributed by atoms with Crippen LogP contribution in [-0.2, 0) is 0 Å². The van der Waals surface area contributed by atoms with E-state index in [0.29, 0.717) is 5.56 Å². The van der Waals surface area contributed by atoms with Crippen LogP contribution in [0.1, 0.15) is 21.6 Å². The first-order valence-electron chi connectivity index (χ1n) is 7.50. The van der Waals surface area contributed by atoms with E-state index in [2.05, 4.69) is 15.1 Å². The summed E-state index contributed by atoms with van der Waals surface area (Å²) in [5.74, 6) is -0.210. The smallest absolute Gasteiger partial charge is 0.271 e. The summed E-state index contributed by atoms with van der Waals surface area (Å²) in [6.45, 7) is 2.01. The Labute approximate surface area is 139 Å². The van der Waals surface area contributed by atoms with Gasteiger partial charge in [0.1, 0.15) is 5.75 Å². The van der Waals surface area contributed by atoms with Gasteiger partial charge in [-0.25, -0.2) is 5.43 Å². The third kappa shape index (κ3) is 3.52. The Morgan fingerprint density at radius 3 is 2.54 bits per heavy atom. The van der Waals surface area contributed by atoms with Crippen molar-refractivity contribution in [3.8, 4) is 11.4 Å². The Kier molecular flexibility index (Phi) is 4.43. The monoisotopic (exact) mass is 319 g/mol. The second-order valence-electron chi connectivity index (χ2n) is 5.37. The Morgan fingerprint density at radius 1 is 1.12 bits per heavy atom. The van der Waals surface area contributed by atoms with Gasteiger partial charge in [0.05, 0.1) is 6.21 Å². The molecule has 24 heavy (non-hydrogen) atoms. The van der Waals surface area contributed by atoms with Gasteiger partial charge >= 0.3 is 0 Å². The van der Waals surface area contributed by atoms with Gasteiger partial charge in [-0.15, -0.1) is 0 Å². The zero-order valence-corrected chi connectivity index (χ0v) is 13.2. The first kappa shape index (κ1) is 15.6. The highest BCUT2D eigenvalue weighted by molar-refractivity contribution is 5.95. The highest BCUT2D eigenvalue weighted by atomic mass is 16.3. The SMILES string of the molecule is Cc1cc(/C=N\NC(=O)c2ccc(O)cc2)cn1-c1ccccc1. The summed E-state index contributed by atoms with van der Waals surface area (Å²) in [5.41, 5.74) is 5.95. The first-order chi connectivity index (χ1) is 11.6. The number of hydrazone groups is 1. The molecule has 3 aromatic rings. The molecule has 0 aliphatic carbocycles. The number of nitrogens with one attached hydrogen (secondary N) is 1. The number of aryl methyl sites for hydroxylation is 1. The summed E-state index contributed by atoms with van der Waals surface area (Å²) in [7, 11) is 0. The van der Waals surface area contributed by atoms with Gasteiger partial charge in [-0.3, -0.25) is 4.79 Å². The standard InChI is InChI=1S/C19H17N3O2/c1-14-11-15(13-22(14)17-5-3-2-4-6-17)12-20-21-19(24)16-7-9-18(23)10-8-16/h2-13,23H,1H3,(H,21,24)/b20-12-. The van der Waals surface area contributed by atoms with Crippen molar-refractivity contribution in [2.75, 3.05) is 0 Å². The lowest BCUT2D eigenvalue weighted by Gasteiger charge is -2.04. The average Bonchev–Trinajstić information content (AvgIpc) is 2.97. The summed E-state index contributed by atoms with van der Waals surface area (Å²) < 4.78 is 2.06. The van der Waals surface area contributed by atoms with Gasteiger partial charge in [-0.1, -0.05) is 18.2 Å². The molecule has 0 aliphatic heterocycles. The maximum atomic E-state index is 11.9. The third-order valence-electron chi connectivity index (χ3n) is 3.58. The van der Waals surface area contributed by atoms with Crippen molar-refractivity contribution in [2.45, 2.75) is 6.92 Å². The number of phenolic OH excluding ortho intramolecular Hbond substituents is 1. The lowest BCUT2D eigenvalue weighted by atomic mass is 10.2. The molecular weight excluding hydrogens is 302 g/mol. The van der Waals surface area contributed by atoms with Gasteiger partial charge in [0.25, 0.3) is 5.91 Å². The Hall–Kier alpha value is -3.34. The van der Waals surface area contributed by atoms with E-state index in [1.54, 1.807) is 6.21 Å². The van der Waals surface area contributed by atoms with Crippen molar-refractivity contribution in [3.05, 3.63) is 83.7 Å². The molecule has 0 saturated carbocycles. The van der Waals surface area contributed by atoms with Crippen LogP contribution in [-0.4, -0.2) is 21.8 Å². The summed E-state index contributed by atoms with van der Waals surface area (Å²) in [6, 6.07) is 18.0. The molecule has 0 atom stereocenters. The second-order valence-corrected chi connectivity index (χ2v) is 5.37. The fraction of sp³-hybridized carbons (Fsp3) is 0.0526. The molecule has 0 fully saturated rings. The highest BCUT2D eigenvalue weighted by Gasteiger charge is 2.04. The summed E-state index contributed by atoms with van der Waals surface area (Å²) in [6.07, 6.45) is 3.56. The number of para-hydroxylation sites is 1. The van der Waals surface area contributed by atoms with Crippen LogP contribution in [0.4, 0.5) is 0 Å². The minimum atomic E-state index is -0.328. The Bertz CT molecular complexity index is 865. The number of amides is 1. The fourth-order valence-corrected chi connectivity index (χ4v) is 2.38. The highest BCUT2D eigenvalue weighted by Crippen LogP contribution is 2.14. The van der Waals surface area contributed by atoms with Gasteiger partial charge in [-0.2, -0.15) is 5.10 Å². The topological polar surface area (TPSA) is 66.6 Å². The van der Waals surface area contributed by atoms with Crippen LogP contribution < -0.4 is 5.43 Å². The largest absolute Gasteiger partial charge is 0.508 e. The van der Waals surface area contributed by atoms with E-state index in [-0.39, 0.29) is 11.7 Å². The number of hydrogen-bond acceptors (Lipinski definition) is 3. The molecule has 0 aliphatic rings. The number of aromatic nitrogens is 1. The van der Waals surface area contributed by atoms with Crippen molar-refractivity contribution < 1.29 is 9.90 Å². The lowest BCUT2D eigenvalue weighted by Crippen LogP contribution is -2.17. The quantitative estimate of drug-likeness (QED) is 0.572. The van der Waals surface area contributed by atoms with Crippen LogP contribution in [0.2, 0.25) is 0 Å².